The smallest absolute Gasteiger partial charge is 0.165 e. The molecule has 1 fully saturated rings. The molecule has 26 heavy (non-hydrogen) atoms. The van der Waals surface area contributed by atoms with Crippen LogP contribution >= 0.6 is 0 Å². The average Bonchev–Trinajstić information content (AvgIpc) is 3.20. The minimum Gasteiger partial charge on any atom is -0.364 e. The first kappa shape index (κ1) is 15.1. The van der Waals surface area contributed by atoms with E-state index in [9.17, 15) is 0 Å². The molecule has 0 bridgehead atoms. The van der Waals surface area contributed by atoms with Gasteiger partial charge in [0.15, 0.2) is 11.5 Å². The summed E-state index contributed by atoms with van der Waals surface area (Å²) in [6.45, 7) is 1.49. The van der Waals surface area contributed by atoms with Gasteiger partial charge >= 0.3 is 0 Å². The Morgan fingerprint density at radius 2 is 1.92 bits per heavy atom. The van der Waals surface area contributed by atoms with Gasteiger partial charge in [0.2, 0.25) is 0 Å². The second-order valence-corrected chi connectivity index (χ2v) is 6.63. The zero-order valence-corrected chi connectivity index (χ0v) is 14.3. The Morgan fingerprint density at radius 1 is 1.04 bits per heavy atom. The number of fused-ring (bicyclic) bond motifs is 1. The Bertz CT molecular complexity index is 1030. The van der Waals surface area contributed by atoms with Gasteiger partial charge < -0.3 is 14.5 Å². The van der Waals surface area contributed by atoms with Crippen LogP contribution in [0, 0.1) is 0 Å². The summed E-state index contributed by atoms with van der Waals surface area (Å²) < 4.78 is 4.23. The fourth-order valence-corrected chi connectivity index (χ4v) is 3.24. The van der Waals surface area contributed by atoms with Crippen LogP contribution in [0.2, 0.25) is 0 Å². The highest BCUT2D eigenvalue weighted by atomic mass is 15.2. The molecule has 0 radical (unpaired) electrons. The molecule has 130 valence electrons. The maximum atomic E-state index is 4.54. The molecule has 0 atom stereocenters. The maximum absolute atomic E-state index is 4.54. The quantitative estimate of drug-likeness (QED) is 0.581. The molecule has 7 heteroatoms. The van der Waals surface area contributed by atoms with E-state index in [0.717, 1.165) is 23.5 Å². The summed E-state index contributed by atoms with van der Waals surface area (Å²) >= 11 is 0. The van der Waals surface area contributed by atoms with Gasteiger partial charge in [0, 0.05) is 31.5 Å². The highest BCUT2D eigenvalue weighted by molar-refractivity contribution is 5.82. The fourth-order valence-electron chi connectivity index (χ4n) is 3.24. The molecule has 1 aliphatic rings. The van der Waals surface area contributed by atoms with Crippen molar-refractivity contribution in [2.45, 2.75) is 32.0 Å². The molecule has 3 heterocycles. The van der Waals surface area contributed by atoms with Crippen LogP contribution in [0.5, 0.6) is 0 Å². The lowest BCUT2D eigenvalue weighted by atomic mass is 10.1. The van der Waals surface area contributed by atoms with Gasteiger partial charge in [0.05, 0.1) is 12.7 Å². The minimum absolute atomic E-state index is 0.554. The van der Waals surface area contributed by atoms with Crippen LogP contribution in [0.25, 0.3) is 11.2 Å². The van der Waals surface area contributed by atoms with Crippen LogP contribution in [-0.2, 0) is 13.1 Å². The fraction of sp³-hybridized carbons (Fsp3) is 0.263. The first-order chi connectivity index (χ1) is 12.9. The monoisotopic (exact) mass is 345 g/mol. The van der Waals surface area contributed by atoms with Crippen molar-refractivity contribution >= 4 is 17.0 Å². The number of anilines is 1. The lowest BCUT2D eigenvalue weighted by Gasteiger charge is -2.12. The molecule has 3 aromatic heterocycles. The molecule has 0 unspecified atom stereocenters. The van der Waals surface area contributed by atoms with E-state index in [-0.39, 0.29) is 0 Å². The SMILES string of the molecule is c1ccc(Cn2ccnc2)c(CNc2ncnc3c2ncn3C2CC2)c1. The first-order valence-electron chi connectivity index (χ1n) is 8.82. The Kier molecular flexibility index (Phi) is 3.62. The van der Waals surface area contributed by atoms with Crippen molar-refractivity contribution in [1.29, 1.82) is 0 Å². The molecule has 1 aliphatic carbocycles. The molecular formula is C19H19N7. The highest BCUT2D eigenvalue weighted by Gasteiger charge is 2.26. The van der Waals surface area contributed by atoms with Crippen LogP contribution in [0.3, 0.4) is 0 Å². The lowest BCUT2D eigenvalue weighted by molar-refractivity contribution is 0.756. The van der Waals surface area contributed by atoms with E-state index in [1.165, 1.54) is 24.0 Å². The van der Waals surface area contributed by atoms with Gasteiger partial charge in [0.1, 0.15) is 11.8 Å². The summed E-state index contributed by atoms with van der Waals surface area (Å²) in [5.74, 6) is 0.784. The van der Waals surface area contributed by atoms with Crippen molar-refractivity contribution in [2.75, 3.05) is 5.32 Å². The Hall–Kier alpha value is -3.22. The number of imidazole rings is 2. The van der Waals surface area contributed by atoms with Crippen LogP contribution in [0.4, 0.5) is 5.82 Å². The van der Waals surface area contributed by atoms with Gasteiger partial charge in [-0.05, 0) is 24.0 Å². The zero-order valence-electron chi connectivity index (χ0n) is 14.3. The summed E-state index contributed by atoms with van der Waals surface area (Å²) in [7, 11) is 0. The summed E-state index contributed by atoms with van der Waals surface area (Å²) in [6.07, 6.45) is 11.5. The molecule has 5 rings (SSSR count). The summed E-state index contributed by atoms with van der Waals surface area (Å²) in [6, 6.07) is 8.97. The first-order valence-corrected chi connectivity index (χ1v) is 8.82. The molecular weight excluding hydrogens is 326 g/mol. The molecule has 0 aliphatic heterocycles. The van der Waals surface area contributed by atoms with E-state index in [0.29, 0.717) is 12.6 Å². The Balaban J connectivity index is 1.39. The highest BCUT2D eigenvalue weighted by Crippen LogP contribution is 2.37. The van der Waals surface area contributed by atoms with Crippen molar-refractivity contribution < 1.29 is 0 Å². The van der Waals surface area contributed by atoms with Gasteiger partial charge in [0.25, 0.3) is 0 Å². The molecule has 1 saturated carbocycles. The lowest BCUT2D eigenvalue weighted by Crippen LogP contribution is -2.07. The van der Waals surface area contributed by atoms with Crippen LogP contribution < -0.4 is 5.32 Å². The minimum atomic E-state index is 0.554. The third-order valence-electron chi connectivity index (χ3n) is 4.78. The standard InChI is InChI=1S/C19H19N7/c1-2-4-15(10-25-8-7-20-12-25)14(3-1)9-21-18-17-19(23-11-22-18)26(13-24-17)16-5-6-16/h1-4,7-8,11-13,16H,5-6,9-10H2,(H,21,22,23). The molecule has 4 aromatic rings. The van der Waals surface area contributed by atoms with Crippen LogP contribution in [0.15, 0.2) is 55.6 Å². The zero-order chi connectivity index (χ0) is 17.3. The number of hydrogen-bond acceptors (Lipinski definition) is 5. The number of rotatable bonds is 6. The molecule has 7 nitrogen and oxygen atoms in total. The number of benzene rings is 1. The molecule has 1 N–H and O–H groups in total. The van der Waals surface area contributed by atoms with Gasteiger partial charge in [-0.1, -0.05) is 24.3 Å². The van der Waals surface area contributed by atoms with E-state index in [4.69, 9.17) is 0 Å². The van der Waals surface area contributed by atoms with E-state index in [2.05, 4.69) is 58.7 Å². The summed E-state index contributed by atoms with van der Waals surface area (Å²) in [5.41, 5.74) is 4.24. The number of hydrogen-bond donors (Lipinski definition) is 1. The van der Waals surface area contributed by atoms with Crippen LogP contribution in [-0.4, -0.2) is 29.1 Å². The summed E-state index contributed by atoms with van der Waals surface area (Å²) in [5, 5.41) is 3.44. The van der Waals surface area contributed by atoms with Crippen molar-refractivity contribution in [2.24, 2.45) is 0 Å². The number of aromatic nitrogens is 6. The average molecular weight is 345 g/mol. The van der Waals surface area contributed by atoms with E-state index >= 15 is 0 Å². The molecule has 0 amide bonds. The van der Waals surface area contributed by atoms with Crippen molar-refractivity contribution in [3.63, 3.8) is 0 Å². The summed E-state index contributed by atoms with van der Waals surface area (Å²) in [4.78, 5) is 17.5. The van der Waals surface area contributed by atoms with Gasteiger partial charge in [-0.15, -0.1) is 0 Å². The Morgan fingerprint density at radius 3 is 2.73 bits per heavy atom. The van der Waals surface area contributed by atoms with Crippen molar-refractivity contribution in [1.82, 2.24) is 29.1 Å². The maximum Gasteiger partial charge on any atom is 0.165 e. The van der Waals surface area contributed by atoms with Crippen molar-refractivity contribution in [3.05, 3.63) is 66.8 Å². The Labute approximate surface area is 150 Å². The normalized spacial score (nSPS) is 14.0. The predicted octanol–water partition coefficient (Wildman–Crippen LogP) is 3.02. The third-order valence-corrected chi connectivity index (χ3v) is 4.78. The topological polar surface area (TPSA) is 73.5 Å². The number of nitrogens with zero attached hydrogens (tertiary/aromatic N) is 6. The molecule has 0 spiro atoms. The molecule has 1 aromatic carbocycles. The second-order valence-electron chi connectivity index (χ2n) is 6.63. The van der Waals surface area contributed by atoms with Crippen molar-refractivity contribution in [3.8, 4) is 0 Å². The van der Waals surface area contributed by atoms with Gasteiger partial charge in [-0.3, -0.25) is 0 Å². The predicted molar refractivity (Wildman–Crippen MR) is 98.7 cm³/mol. The van der Waals surface area contributed by atoms with Crippen LogP contribution in [0.1, 0.15) is 30.0 Å². The van der Waals surface area contributed by atoms with E-state index in [1.807, 2.05) is 18.9 Å². The van der Waals surface area contributed by atoms with Gasteiger partial charge in [-0.2, -0.15) is 0 Å². The van der Waals surface area contributed by atoms with E-state index in [1.54, 1.807) is 12.5 Å². The second kappa shape index (κ2) is 6.25. The molecule has 0 saturated heterocycles. The number of nitrogens with one attached hydrogen (secondary N) is 1. The van der Waals surface area contributed by atoms with Gasteiger partial charge in [-0.25, -0.2) is 19.9 Å². The third kappa shape index (κ3) is 2.81. The van der Waals surface area contributed by atoms with E-state index < -0.39 is 0 Å². The largest absolute Gasteiger partial charge is 0.364 e.